The van der Waals surface area contributed by atoms with Crippen molar-refractivity contribution in [3.05, 3.63) is 101 Å². The van der Waals surface area contributed by atoms with Gasteiger partial charge in [0.25, 0.3) is 0 Å². The van der Waals surface area contributed by atoms with Gasteiger partial charge in [0.2, 0.25) is 5.82 Å². The van der Waals surface area contributed by atoms with Crippen LogP contribution in [0.4, 0.5) is 8.78 Å². The Kier molecular flexibility index (Phi) is 9.33. The first-order chi connectivity index (χ1) is 17.6. The predicted octanol–water partition coefficient (Wildman–Crippen LogP) is 9.45. The maximum atomic E-state index is 14.6. The normalized spacial score (nSPS) is 18.0. The van der Waals surface area contributed by atoms with E-state index in [0.29, 0.717) is 18.1 Å². The minimum absolute atomic E-state index is 0.00562. The van der Waals surface area contributed by atoms with E-state index < -0.39 is 11.6 Å². The molecule has 3 aromatic rings. The second-order valence-corrected chi connectivity index (χ2v) is 9.94. The van der Waals surface area contributed by atoms with Gasteiger partial charge in [0, 0.05) is 0 Å². The van der Waals surface area contributed by atoms with Gasteiger partial charge in [0.1, 0.15) is 0 Å². The number of aryl methyl sites for hydroxylation is 2. The molecule has 1 saturated carbocycles. The number of hydrogen-bond acceptors (Lipinski definition) is 1. The molecule has 4 rings (SSSR count). The van der Waals surface area contributed by atoms with Gasteiger partial charge in [-0.2, -0.15) is 4.39 Å². The van der Waals surface area contributed by atoms with E-state index in [2.05, 4.69) is 67.6 Å². The minimum atomic E-state index is -0.853. The third-order valence-corrected chi connectivity index (χ3v) is 7.38. The van der Waals surface area contributed by atoms with Gasteiger partial charge in [-0.15, -0.1) is 0 Å². The Labute approximate surface area is 215 Å². The second-order valence-electron chi connectivity index (χ2n) is 9.94. The summed E-state index contributed by atoms with van der Waals surface area (Å²) in [6, 6.07) is 21.1. The molecule has 0 atom stereocenters. The van der Waals surface area contributed by atoms with E-state index in [4.69, 9.17) is 4.74 Å². The fourth-order valence-electron chi connectivity index (χ4n) is 5.31. The Morgan fingerprint density at radius 1 is 0.750 bits per heavy atom. The van der Waals surface area contributed by atoms with E-state index in [-0.39, 0.29) is 11.7 Å². The van der Waals surface area contributed by atoms with Crippen molar-refractivity contribution >= 4 is 0 Å². The van der Waals surface area contributed by atoms with Gasteiger partial charge in [-0.1, -0.05) is 80.1 Å². The van der Waals surface area contributed by atoms with Crippen molar-refractivity contribution in [2.24, 2.45) is 5.92 Å². The van der Waals surface area contributed by atoms with Crippen LogP contribution in [0.3, 0.4) is 0 Å². The Hall–Kier alpha value is -2.94. The highest BCUT2D eigenvalue weighted by molar-refractivity contribution is 5.64. The molecule has 0 aliphatic heterocycles. The number of ether oxygens (including phenoxy) is 1. The van der Waals surface area contributed by atoms with E-state index in [9.17, 15) is 8.78 Å². The molecule has 190 valence electrons. The smallest absolute Gasteiger partial charge is 0.200 e. The second kappa shape index (κ2) is 12.9. The Morgan fingerprint density at radius 2 is 1.36 bits per heavy atom. The molecule has 3 heteroatoms. The van der Waals surface area contributed by atoms with Gasteiger partial charge >= 0.3 is 0 Å². The van der Waals surface area contributed by atoms with Crippen LogP contribution < -0.4 is 4.74 Å². The average Bonchev–Trinajstić information content (AvgIpc) is 2.91. The van der Waals surface area contributed by atoms with Gasteiger partial charge in [-0.3, -0.25) is 0 Å². The molecule has 0 radical (unpaired) electrons. The minimum Gasteiger partial charge on any atom is -0.491 e. The molecule has 1 aliphatic carbocycles. The molecule has 0 N–H and O–H groups in total. The first-order valence-electron chi connectivity index (χ1n) is 13.5. The fraction of sp³-hybridized carbons (Fsp3) is 0.394. The standard InChI is InChI=1S/C33H38F2O/c1-3-7-24-10-16-27(17-11-24)28-18-12-25(13-19-28)8-5-6-9-26-14-20-29(21-15-26)30-22-23-31(36-4-2)33(35)32(30)34/h6,9-13,16-19,22-23,26,29H,3-5,7-8,14-15,20-21H2,1-2H3/b9-6+. The van der Waals surface area contributed by atoms with Gasteiger partial charge < -0.3 is 4.74 Å². The zero-order valence-corrected chi connectivity index (χ0v) is 21.6. The van der Waals surface area contributed by atoms with Gasteiger partial charge in [0.15, 0.2) is 11.6 Å². The highest BCUT2D eigenvalue weighted by atomic mass is 19.2. The summed E-state index contributed by atoms with van der Waals surface area (Å²) in [5.41, 5.74) is 5.78. The SMILES string of the molecule is CCCc1ccc(-c2ccc(CC/C=C/C3CCC(c4ccc(OCC)c(F)c4F)CC3)cc2)cc1. The molecule has 0 bridgehead atoms. The molecule has 1 fully saturated rings. The predicted molar refractivity (Wildman–Crippen MR) is 146 cm³/mol. The van der Waals surface area contributed by atoms with E-state index in [1.54, 1.807) is 19.1 Å². The van der Waals surface area contributed by atoms with Crippen LogP contribution in [0.5, 0.6) is 5.75 Å². The van der Waals surface area contributed by atoms with Crippen molar-refractivity contribution in [2.75, 3.05) is 6.61 Å². The first-order valence-corrected chi connectivity index (χ1v) is 13.5. The summed E-state index contributed by atoms with van der Waals surface area (Å²) in [6.07, 6.45) is 12.8. The van der Waals surface area contributed by atoms with E-state index >= 15 is 0 Å². The Morgan fingerprint density at radius 3 is 1.94 bits per heavy atom. The van der Waals surface area contributed by atoms with Gasteiger partial charge in [0.05, 0.1) is 6.61 Å². The van der Waals surface area contributed by atoms with Crippen LogP contribution in [0.25, 0.3) is 11.1 Å². The van der Waals surface area contributed by atoms with Crippen molar-refractivity contribution in [2.45, 2.75) is 71.1 Å². The maximum Gasteiger partial charge on any atom is 0.200 e. The molecule has 0 unspecified atom stereocenters. The molecule has 0 heterocycles. The number of rotatable bonds is 10. The van der Waals surface area contributed by atoms with Crippen molar-refractivity contribution in [3.63, 3.8) is 0 Å². The lowest BCUT2D eigenvalue weighted by Gasteiger charge is -2.27. The summed E-state index contributed by atoms with van der Waals surface area (Å²) in [6.45, 7) is 4.30. The molecular weight excluding hydrogens is 450 g/mol. The Bertz CT molecular complexity index is 1120. The molecule has 0 saturated heterocycles. The van der Waals surface area contributed by atoms with Crippen LogP contribution in [0.2, 0.25) is 0 Å². The number of allylic oxidation sites excluding steroid dienone is 2. The molecule has 0 aromatic heterocycles. The molecule has 1 nitrogen and oxygen atoms in total. The number of hydrogen-bond donors (Lipinski definition) is 0. The fourth-order valence-corrected chi connectivity index (χ4v) is 5.31. The molecule has 0 spiro atoms. The number of benzene rings is 3. The highest BCUT2D eigenvalue weighted by Gasteiger charge is 2.25. The topological polar surface area (TPSA) is 9.23 Å². The highest BCUT2D eigenvalue weighted by Crippen LogP contribution is 2.39. The summed E-state index contributed by atoms with van der Waals surface area (Å²) in [4.78, 5) is 0. The van der Waals surface area contributed by atoms with Crippen LogP contribution in [0, 0.1) is 17.6 Å². The summed E-state index contributed by atoms with van der Waals surface area (Å²) >= 11 is 0. The summed E-state index contributed by atoms with van der Waals surface area (Å²) < 4.78 is 34.0. The summed E-state index contributed by atoms with van der Waals surface area (Å²) in [7, 11) is 0. The van der Waals surface area contributed by atoms with Gasteiger partial charge in [-0.05, 0) is 97.6 Å². The summed E-state index contributed by atoms with van der Waals surface area (Å²) in [5.74, 6) is -0.976. The zero-order valence-electron chi connectivity index (χ0n) is 21.6. The number of halogens is 2. The quantitative estimate of drug-likeness (QED) is 0.258. The molecule has 36 heavy (non-hydrogen) atoms. The van der Waals surface area contributed by atoms with Crippen LogP contribution in [0.15, 0.2) is 72.8 Å². The maximum absolute atomic E-state index is 14.6. The third-order valence-electron chi connectivity index (χ3n) is 7.38. The first kappa shape index (κ1) is 26.1. The third kappa shape index (κ3) is 6.63. The van der Waals surface area contributed by atoms with E-state index in [1.165, 1.54) is 28.7 Å². The molecule has 0 amide bonds. The van der Waals surface area contributed by atoms with Gasteiger partial charge in [-0.25, -0.2) is 4.39 Å². The van der Waals surface area contributed by atoms with Crippen LogP contribution in [-0.4, -0.2) is 6.61 Å². The van der Waals surface area contributed by atoms with Crippen LogP contribution in [0.1, 0.15) is 75.0 Å². The lowest BCUT2D eigenvalue weighted by molar-refractivity contribution is 0.310. The zero-order chi connectivity index (χ0) is 25.3. The lowest BCUT2D eigenvalue weighted by Crippen LogP contribution is -2.14. The van der Waals surface area contributed by atoms with Crippen molar-refractivity contribution in [1.82, 2.24) is 0 Å². The largest absolute Gasteiger partial charge is 0.491 e. The molecular formula is C33H38F2O. The molecule has 3 aromatic carbocycles. The molecule has 1 aliphatic rings. The van der Waals surface area contributed by atoms with Crippen molar-refractivity contribution < 1.29 is 13.5 Å². The Balaban J connectivity index is 1.23. The monoisotopic (exact) mass is 488 g/mol. The van der Waals surface area contributed by atoms with E-state index in [0.717, 1.165) is 44.9 Å². The van der Waals surface area contributed by atoms with Crippen LogP contribution in [-0.2, 0) is 12.8 Å². The van der Waals surface area contributed by atoms with Crippen LogP contribution >= 0.6 is 0 Å². The van der Waals surface area contributed by atoms with E-state index in [1.807, 2.05) is 0 Å². The average molecular weight is 489 g/mol. The lowest BCUT2D eigenvalue weighted by atomic mass is 9.78. The summed E-state index contributed by atoms with van der Waals surface area (Å²) in [5, 5.41) is 0. The van der Waals surface area contributed by atoms with Crippen molar-refractivity contribution in [1.29, 1.82) is 0 Å². The van der Waals surface area contributed by atoms with Crippen molar-refractivity contribution in [3.8, 4) is 16.9 Å².